The fraction of sp³-hybridized carbons (Fsp3) is 0.222. The molecule has 2 aromatic carbocycles. The van der Waals surface area contributed by atoms with Crippen LogP contribution in [-0.4, -0.2) is 37.5 Å². The van der Waals surface area contributed by atoms with Crippen molar-refractivity contribution in [1.82, 2.24) is 4.90 Å². The van der Waals surface area contributed by atoms with Crippen LogP contribution in [0.15, 0.2) is 46.9 Å². The number of nitrogens with zero attached hydrogens (tertiary/aromatic N) is 1. The SMILES string of the molecule is COc1ccccc1CN(C)C(=O)COC(=O)c1cc(F)ccc1Br. The van der Waals surface area contributed by atoms with Crippen LogP contribution in [0.25, 0.3) is 0 Å². The monoisotopic (exact) mass is 409 g/mol. The summed E-state index contributed by atoms with van der Waals surface area (Å²) in [5.74, 6) is -1.05. The number of benzene rings is 2. The first-order valence-electron chi connectivity index (χ1n) is 7.40. The Hall–Kier alpha value is -2.41. The topological polar surface area (TPSA) is 55.8 Å². The number of rotatable bonds is 6. The summed E-state index contributed by atoms with van der Waals surface area (Å²) in [6.07, 6.45) is 0. The van der Waals surface area contributed by atoms with E-state index in [1.54, 1.807) is 20.2 Å². The largest absolute Gasteiger partial charge is 0.496 e. The summed E-state index contributed by atoms with van der Waals surface area (Å²) in [5, 5.41) is 0. The van der Waals surface area contributed by atoms with Crippen LogP contribution in [0.2, 0.25) is 0 Å². The van der Waals surface area contributed by atoms with E-state index in [9.17, 15) is 14.0 Å². The number of ether oxygens (including phenoxy) is 2. The summed E-state index contributed by atoms with van der Waals surface area (Å²) >= 11 is 3.15. The van der Waals surface area contributed by atoms with Gasteiger partial charge >= 0.3 is 5.97 Å². The van der Waals surface area contributed by atoms with Crippen LogP contribution in [-0.2, 0) is 16.1 Å². The Morgan fingerprint density at radius 3 is 2.64 bits per heavy atom. The molecule has 0 aromatic heterocycles. The van der Waals surface area contributed by atoms with Crippen molar-refractivity contribution in [2.24, 2.45) is 0 Å². The zero-order valence-electron chi connectivity index (χ0n) is 13.8. The molecule has 2 aromatic rings. The Balaban J connectivity index is 1.95. The zero-order valence-corrected chi connectivity index (χ0v) is 15.4. The van der Waals surface area contributed by atoms with Gasteiger partial charge in [0, 0.05) is 23.6 Å². The lowest BCUT2D eigenvalue weighted by atomic mass is 10.2. The molecule has 0 aliphatic rings. The summed E-state index contributed by atoms with van der Waals surface area (Å²) in [5.41, 5.74) is 0.861. The third-order valence-electron chi connectivity index (χ3n) is 3.50. The first-order valence-corrected chi connectivity index (χ1v) is 8.19. The number of esters is 1. The summed E-state index contributed by atoms with van der Waals surface area (Å²) in [4.78, 5) is 25.6. The molecule has 132 valence electrons. The van der Waals surface area contributed by atoms with Crippen molar-refractivity contribution in [2.75, 3.05) is 20.8 Å². The minimum Gasteiger partial charge on any atom is -0.496 e. The Labute approximate surface area is 153 Å². The van der Waals surface area contributed by atoms with Gasteiger partial charge in [-0.15, -0.1) is 0 Å². The molecule has 0 saturated heterocycles. The molecule has 25 heavy (non-hydrogen) atoms. The molecule has 0 aliphatic heterocycles. The number of carbonyl (C=O) groups is 2. The van der Waals surface area contributed by atoms with Crippen molar-refractivity contribution in [3.05, 3.63) is 63.9 Å². The van der Waals surface area contributed by atoms with E-state index in [1.165, 1.54) is 17.0 Å². The van der Waals surface area contributed by atoms with E-state index in [2.05, 4.69) is 15.9 Å². The van der Waals surface area contributed by atoms with E-state index in [4.69, 9.17) is 9.47 Å². The minimum atomic E-state index is -0.773. The van der Waals surface area contributed by atoms with Crippen LogP contribution >= 0.6 is 15.9 Å². The summed E-state index contributed by atoms with van der Waals surface area (Å²) in [6.45, 7) is -0.127. The van der Waals surface area contributed by atoms with E-state index in [1.807, 2.05) is 18.2 Å². The third kappa shape index (κ3) is 5.03. The molecule has 0 unspecified atom stereocenters. The molecular formula is C18H17BrFNO4. The summed E-state index contributed by atoms with van der Waals surface area (Å²) < 4.78 is 23.9. The van der Waals surface area contributed by atoms with Crippen molar-refractivity contribution in [3.63, 3.8) is 0 Å². The molecule has 0 spiro atoms. The molecule has 2 rings (SSSR count). The first-order chi connectivity index (χ1) is 11.9. The van der Waals surface area contributed by atoms with E-state index in [-0.39, 0.29) is 11.5 Å². The molecule has 0 radical (unpaired) electrons. The van der Waals surface area contributed by atoms with Gasteiger partial charge in [0.2, 0.25) is 0 Å². The lowest BCUT2D eigenvalue weighted by Gasteiger charge is -2.18. The van der Waals surface area contributed by atoms with E-state index < -0.39 is 18.4 Å². The quantitative estimate of drug-likeness (QED) is 0.685. The van der Waals surface area contributed by atoms with Crippen LogP contribution in [0.4, 0.5) is 4.39 Å². The fourth-order valence-corrected chi connectivity index (χ4v) is 2.55. The zero-order chi connectivity index (χ0) is 18.4. The van der Waals surface area contributed by atoms with Gasteiger partial charge in [-0.25, -0.2) is 9.18 Å². The van der Waals surface area contributed by atoms with Gasteiger partial charge in [0.25, 0.3) is 5.91 Å². The molecule has 0 atom stereocenters. The highest BCUT2D eigenvalue weighted by Crippen LogP contribution is 2.20. The van der Waals surface area contributed by atoms with Gasteiger partial charge in [0.15, 0.2) is 6.61 Å². The standard InChI is InChI=1S/C18H17BrFNO4/c1-21(10-12-5-3-4-6-16(12)24-2)17(22)11-25-18(23)14-9-13(20)7-8-15(14)19/h3-9H,10-11H2,1-2H3. The van der Waals surface area contributed by atoms with Crippen LogP contribution in [0, 0.1) is 5.82 Å². The average molecular weight is 410 g/mol. The first kappa shape index (κ1) is 18.9. The molecule has 0 N–H and O–H groups in total. The smallest absolute Gasteiger partial charge is 0.339 e. The van der Waals surface area contributed by atoms with Gasteiger partial charge in [-0.1, -0.05) is 18.2 Å². The summed E-state index contributed by atoms with van der Waals surface area (Å²) in [7, 11) is 3.15. The van der Waals surface area contributed by atoms with Gasteiger partial charge in [0.05, 0.1) is 12.7 Å². The van der Waals surface area contributed by atoms with E-state index in [0.717, 1.165) is 11.6 Å². The number of methoxy groups -OCH3 is 1. The maximum atomic E-state index is 13.2. The normalized spacial score (nSPS) is 10.2. The van der Waals surface area contributed by atoms with Crippen molar-refractivity contribution in [3.8, 4) is 5.75 Å². The number of likely N-dealkylation sites (N-methyl/N-ethyl adjacent to an activating group) is 1. The molecule has 1 amide bonds. The predicted octanol–water partition coefficient (Wildman–Crippen LogP) is 3.41. The highest BCUT2D eigenvalue weighted by molar-refractivity contribution is 9.10. The second kappa shape index (κ2) is 8.62. The van der Waals surface area contributed by atoms with Gasteiger partial charge in [0.1, 0.15) is 11.6 Å². The number of amides is 1. The lowest BCUT2D eigenvalue weighted by molar-refractivity contribution is -0.133. The molecule has 5 nitrogen and oxygen atoms in total. The molecule has 7 heteroatoms. The third-order valence-corrected chi connectivity index (χ3v) is 4.19. The number of hydrogen-bond acceptors (Lipinski definition) is 4. The minimum absolute atomic E-state index is 0.0279. The van der Waals surface area contributed by atoms with Crippen molar-refractivity contribution < 1.29 is 23.5 Å². The van der Waals surface area contributed by atoms with Gasteiger partial charge in [-0.3, -0.25) is 4.79 Å². The molecule has 0 saturated carbocycles. The molecule has 0 fully saturated rings. The maximum absolute atomic E-state index is 13.2. The second-order valence-corrected chi connectivity index (χ2v) is 6.12. The number of carbonyl (C=O) groups excluding carboxylic acids is 2. The predicted molar refractivity (Wildman–Crippen MR) is 93.9 cm³/mol. The van der Waals surface area contributed by atoms with Gasteiger partial charge in [-0.2, -0.15) is 0 Å². The Kier molecular flexibility index (Phi) is 6.52. The van der Waals surface area contributed by atoms with Crippen LogP contribution in [0.1, 0.15) is 15.9 Å². The maximum Gasteiger partial charge on any atom is 0.339 e. The number of para-hydroxylation sites is 1. The van der Waals surface area contributed by atoms with Gasteiger partial charge < -0.3 is 14.4 Å². The average Bonchev–Trinajstić information content (AvgIpc) is 2.61. The van der Waals surface area contributed by atoms with Crippen LogP contribution in [0.5, 0.6) is 5.75 Å². The Morgan fingerprint density at radius 1 is 1.20 bits per heavy atom. The van der Waals surface area contributed by atoms with E-state index >= 15 is 0 Å². The highest BCUT2D eigenvalue weighted by Gasteiger charge is 2.17. The van der Waals surface area contributed by atoms with Crippen LogP contribution in [0.3, 0.4) is 0 Å². The fourth-order valence-electron chi connectivity index (χ4n) is 2.15. The Morgan fingerprint density at radius 2 is 1.92 bits per heavy atom. The molecule has 0 heterocycles. The molecule has 0 bridgehead atoms. The lowest BCUT2D eigenvalue weighted by Crippen LogP contribution is -2.31. The van der Waals surface area contributed by atoms with Gasteiger partial charge in [-0.05, 0) is 40.2 Å². The Bertz CT molecular complexity index is 781. The molecular weight excluding hydrogens is 393 g/mol. The van der Waals surface area contributed by atoms with Crippen LogP contribution < -0.4 is 4.74 Å². The van der Waals surface area contributed by atoms with Crippen molar-refractivity contribution in [2.45, 2.75) is 6.54 Å². The number of hydrogen-bond donors (Lipinski definition) is 0. The highest BCUT2D eigenvalue weighted by atomic mass is 79.9. The molecule has 0 aliphatic carbocycles. The number of halogens is 2. The van der Waals surface area contributed by atoms with E-state index in [0.29, 0.717) is 16.8 Å². The van der Waals surface area contributed by atoms with Crippen molar-refractivity contribution >= 4 is 27.8 Å². The second-order valence-electron chi connectivity index (χ2n) is 5.26. The summed E-state index contributed by atoms with van der Waals surface area (Å²) in [6, 6.07) is 11.0. The van der Waals surface area contributed by atoms with Crippen molar-refractivity contribution in [1.29, 1.82) is 0 Å².